The van der Waals surface area contributed by atoms with Crippen LogP contribution in [0.15, 0.2) is 78.0 Å². The molecule has 4 amide bonds. The van der Waals surface area contributed by atoms with Crippen molar-refractivity contribution in [2.24, 2.45) is 0 Å². The summed E-state index contributed by atoms with van der Waals surface area (Å²) in [6.07, 6.45) is 4.61. The van der Waals surface area contributed by atoms with Gasteiger partial charge in [-0.05, 0) is 92.0 Å². The van der Waals surface area contributed by atoms with Gasteiger partial charge in [-0.15, -0.1) is 0 Å². The quantitative estimate of drug-likeness (QED) is 0.0830. The van der Waals surface area contributed by atoms with Crippen LogP contribution in [0.5, 0.6) is 5.75 Å². The Morgan fingerprint density at radius 1 is 0.887 bits per heavy atom. The minimum absolute atomic E-state index is 0.152. The van der Waals surface area contributed by atoms with Crippen LogP contribution in [0.25, 0.3) is 28.1 Å². The maximum atomic E-state index is 14.2. The van der Waals surface area contributed by atoms with Gasteiger partial charge in [-0.1, -0.05) is 74.9 Å². The standard InChI is InChI=1S/C48H59N7O7/c1-8-21-54(43(56)26-49-47(58)60-6)28-42-51-39-20-18-32-24-37-35-19-17-33(23-34(35)29-62-41(37)25-36(32)45(39)52-42)38(11-4)50-40(30(5)10-3)27-55(22-9-2)46(57)44(53-48(59)61-7)31-15-13-12-14-16-31/h11-17,19,23-25,44,50H,8-10,18,20-22,26-29H2,1-7H3,(H,49,58)(H,51,52)(H,53,59)/b38-11-,40-30+/t44-/m1/s1. The number of carbonyl (C=O) groups is 4. The van der Waals surface area contributed by atoms with Crippen molar-refractivity contribution in [2.75, 3.05) is 40.4 Å². The van der Waals surface area contributed by atoms with Gasteiger partial charge in [0.15, 0.2) is 0 Å². The van der Waals surface area contributed by atoms with Crippen molar-refractivity contribution >= 4 is 29.7 Å². The van der Waals surface area contributed by atoms with Crippen molar-refractivity contribution < 1.29 is 33.4 Å². The summed E-state index contributed by atoms with van der Waals surface area (Å²) in [6.45, 7) is 12.1. The molecule has 0 saturated carbocycles. The highest BCUT2D eigenvalue weighted by molar-refractivity contribution is 5.88. The van der Waals surface area contributed by atoms with Gasteiger partial charge < -0.3 is 44.9 Å². The minimum Gasteiger partial charge on any atom is -0.488 e. The first-order valence-electron chi connectivity index (χ1n) is 21.4. The molecule has 0 saturated heterocycles. The number of benzene rings is 3. The fourth-order valence-corrected chi connectivity index (χ4v) is 7.95. The molecule has 1 aromatic heterocycles. The van der Waals surface area contributed by atoms with E-state index in [9.17, 15) is 19.2 Å². The van der Waals surface area contributed by atoms with E-state index in [1.165, 1.54) is 19.8 Å². The molecule has 14 nitrogen and oxygen atoms in total. The number of alkyl carbamates (subject to hydrolysis) is 2. The second kappa shape index (κ2) is 20.8. The summed E-state index contributed by atoms with van der Waals surface area (Å²) in [5.74, 6) is 1.05. The Bertz CT molecular complexity index is 2330. The fourth-order valence-electron chi connectivity index (χ4n) is 7.95. The third-order valence-electron chi connectivity index (χ3n) is 11.4. The van der Waals surface area contributed by atoms with Gasteiger partial charge in [0.1, 0.15) is 30.8 Å². The molecule has 1 atom stereocenters. The second-order valence-electron chi connectivity index (χ2n) is 15.5. The number of carbonyl (C=O) groups excluding carboxylic acids is 4. The van der Waals surface area contributed by atoms with Crippen LogP contribution in [0.1, 0.15) is 93.7 Å². The number of rotatable bonds is 17. The highest BCUT2D eigenvalue weighted by atomic mass is 16.5. The normalized spacial score (nSPS) is 13.4. The van der Waals surface area contributed by atoms with Gasteiger partial charge in [-0.25, -0.2) is 14.6 Å². The highest BCUT2D eigenvalue weighted by Crippen LogP contribution is 2.44. The van der Waals surface area contributed by atoms with Crippen LogP contribution in [-0.2, 0) is 45.1 Å². The van der Waals surface area contributed by atoms with Crippen molar-refractivity contribution in [3.05, 3.63) is 112 Å². The van der Waals surface area contributed by atoms with E-state index in [0.717, 1.165) is 94.0 Å². The molecule has 328 valence electrons. The zero-order valence-electron chi connectivity index (χ0n) is 36.9. The molecule has 1 aliphatic heterocycles. The Hall–Kier alpha value is -6.57. The molecule has 6 rings (SSSR count). The molecule has 2 heterocycles. The molecular weight excluding hydrogens is 787 g/mol. The number of ether oxygens (including phenoxy) is 3. The van der Waals surface area contributed by atoms with Crippen LogP contribution < -0.4 is 20.7 Å². The third-order valence-corrected chi connectivity index (χ3v) is 11.4. The molecule has 3 aromatic carbocycles. The SMILES string of the molecule is C/C=C(\N/C(CN(CCC)C(=O)[C@H](NC(=O)OC)c1ccccc1)=C(\C)CC)c1ccc2c(c1)COc1cc3c(cc1-2)CCc1[nH]c(CN(CCC)C(=O)CNC(=O)OC)nc1-3. The molecule has 62 heavy (non-hydrogen) atoms. The number of methoxy groups -OCH3 is 2. The van der Waals surface area contributed by atoms with Crippen molar-refractivity contribution in [2.45, 2.75) is 85.9 Å². The Kier molecular flexibility index (Phi) is 15.1. The Morgan fingerprint density at radius 2 is 1.63 bits per heavy atom. The van der Waals surface area contributed by atoms with Gasteiger partial charge >= 0.3 is 12.2 Å². The van der Waals surface area contributed by atoms with Crippen LogP contribution in [0.4, 0.5) is 9.59 Å². The lowest BCUT2D eigenvalue weighted by Crippen LogP contribution is -2.45. The van der Waals surface area contributed by atoms with E-state index >= 15 is 0 Å². The monoisotopic (exact) mass is 845 g/mol. The lowest BCUT2D eigenvalue weighted by molar-refractivity contribution is -0.133. The molecule has 1 aliphatic carbocycles. The predicted molar refractivity (Wildman–Crippen MR) is 239 cm³/mol. The summed E-state index contributed by atoms with van der Waals surface area (Å²) in [7, 11) is 2.55. The number of amides is 4. The second-order valence-corrected chi connectivity index (χ2v) is 15.5. The average Bonchev–Trinajstić information content (AvgIpc) is 3.72. The summed E-state index contributed by atoms with van der Waals surface area (Å²) >= 11 is 0. The van der Waals surface area contributed by atoms with Crippen LogP contribution in [0.3, 0.4) is 0 Å². The highest BCUT2D eigenvalue weighted by Gasteiger charge is 2.30. The number of imidazole rings is 1. The van der Waals surface area contributed by atoms with Crippen molar-refractivity contribution in [3.8, 4) is 28.1 Å². The number of aromatic nitrogens is 2. The Balaban J connectivity index is 1.21. The van der Waals surface area contributed by atoms with Gasteiger partial charge in [-0.2, -0.15) is 0 Å². The van der Waals surface area contributed by atoms with E-state index in [0.29, 0.717) is 44.2 Å². The maximum absolute atomic E-state index is 14.2. The number of fused-ring (bicyclic) bond motifs is 6. The number of aromatic amines is 1. The molecule has 0 spiro atoms. The number of nitrogens with zero attached hydrogens (tertiary/aromatic N) is 3. The summed E-state index contributed by atoms with van der Waals surface area (Å²) in [4.78, 5) is 63.1. The van der Waals surface area contributed by atoms with E-state index < -0.39 is 18.2 Å². The summed E-state index contributed by atoms with van der Waals surface area (Å²) in [6, 6.07) is 19.1. The Morgan fingerprint density at radius 3 is 2.32 bits per heavy atom. The van der Waals surface area contributed by atoms with E-state index in [2.05, 4.69) is 69.9 Å². The summed E-state index contributed by atoms with van der Waals surface area (Å²) in [5, 5.41) is 8.93. The Labute approximate surface area is 364 Å². The van der Waals surface area contributed by atoms with Crippen LogP contribution in [0.2, 0.25) is 0 Å². The first-order valence-corrected chi connectivity index (χ1v) is 21.4. The average molecular weight is 846 g/mol. The van der Waals surface area contributed by atoms with Crippen LogP contribution in [-0.4, -0.2) is 84.2 Å². The minimum atomic E-state index is -0.907. The summed E-state index contributed by atoms with van der Waals surface area (Å²) < 4.78 is 16.0. The van der Waals surface area contributed by atoms with Gasteiger partial charge in [0.05, 0.1) is 33.0 Å². The number of hydrogen-bond donors (Lipinski definition) is 4. The van der Waals surface area contributed by atoms with Crippen molar-refractivity contribution in [1.29, 1.82) is 0 Å². The molecule has 4 N–H and O–H groups in total. The fraction of sp³-hybridized carbons (Fsp3) is 0.396. The van der Waals surface area contributed by atoms with Crippen molar-refractivity contribution in [1.82, 2.24) is 35.7 Å². The van der Waals surface area contributed by atoms with Gasteiger partial charge in [0.25, 0.3) is 0 Å². The zero-order chi connectivity index (χ0) is 44.3. The molecule has 0 radical (unpaired) electrons. The molecular formula is C48H59N7O7. The lowest BCUT2D eigenvalue weighted by atomic mass is 9.86. The van der Waals surface area contributed by atoms with E-state index in [1.807, 2.05) is 57.2 Å². The number of H-pyrrole nitrogens is 1. The predicted octanol–water partition coefficient (Wildman–Crippen LogP) is 7.80. The number of hydrogen-bond acceptors (Lipinski definition) is 9. The first-order chi connectivity index (χ1) is 30.0. The zero-order valence-corrected chi connectivity index (χ0v) is 36.9. The smallest absolute Gasteiger partial charge is 0.407 e. The first kappa shape index (κ1) is 45.0. The summed E-state index contributed by atoms with van der Waals surface area (Å²) in [5.41, 5.74) is 11.9. The van der Waals surface area contributed by atoms with Gasteiger partial charge in [0, 0.05) is 41.3 Å². The van der Waals surface area contributed by atoms with Gasteiger partial charge in [-0.3, -0.25) is 9.59 Å². The molecule has 0 fully saturated rings. The van der Waals surface area contributed by atoms with Crippen LogP contribution in [0, 0.1) is 0 Å². The molecule has 14 heteroatoms. The van der Waals surface area contributed by atoms with E-state index in [-0.39, 0.29) is 18.4 Å². The van der Waals surface area contributed by atoms with Crippen LogP contribution >= 0.6 is 0 Å². The van der Waals surface area contributed by atoms with Crippen molar-refractivity contribution in [3.63, 3.8) is 0 Å². The molecule has 2 aliphatic rings. The topological polar surface area (TPSA) is 167 Å². The van der Waals surface area contributed by atoms with E-state index in [4.69, 9.17) is 14.5 Å². The van der Waals surface area contributed by atoms with E-state index in [1.54, 1.807) is 9.80 Å². The molecule has 0 bridgehead atoms. The number of nitrogens with one attached hydrogen (secondary N) is 4. The third kappa shape index (κ3) is 10.3. The maximum Gasteiger partial charge on any atom is 0.407 e. The molecule has 0 unspecified atom stereocenters. The number of allylic oxidation sites excluding steroid dienone is 2. The number of aryl methyl sites for hydroxylation is 2. The lowest BCUT2D eigenvalue weighted by Gasteiger charge is -2.30. The largest absolute Gasteiger partial charge is 0.488 e. The molecule has 4 aromatic rings. The van der Waals surface area contributed by atoms with Gasteiger partial charge in [0.2, 0.25) is 11.8 Å².